The van der Waals surface area contributed by atoms with Crippen LogP contribution in [0, 0.1) is 28.6 Å². The molecule has 2 N–H and O–H groups in total. The van der Waals surface area contributed by atoms with Gasteiger partial charge >= 0.3 is 11.9 Å². The van der Waals surface area contributed by atoms with Gasteiger partial charge in [-0.3, -0.25) is 9.59 Å². The van der Waals surface area contributed by atoms with E-state index < -0.39 is 33.3 Å². The average molecular weight is 724 g/mol. The summed E-state index contributed by atoms with van der Waals surface area (Å²) in [6.45, 7) is 19.2. The van der Waals surface area contributed by atoms with Gasteiger partial charge < -0.3 is 29.4 Å². The van der Waals surface area contributed by atoms with E-state index in [0.717, 1.165) is 30.7 Å². The van der Waals surface area contributed by atoms with Crippen molar-refractivity contribution in [2.45, 2.75) is 131 Å². The molecule has 4 atom stereocenters. The number of thiol groups is 1. The second-order valence-electron chi connectivity index (χ2n) is 16.0. The van der Waals surface area contributed by atoms with E-state index in [4.69, 9.17) is 36.7 Å². The van der Waals surface area contributed by atoms with Gasteiger partial charge in [0.1, 0.15) is 17.0 Å². The molecule has 0 aromatic heterocycles. The smallest absolute Gasteiger partial charge is 0.337 e. The van der Waals surface area contributed by atoms with Gasteiger partial charge in [-0.05, 0) is 71.3 Å². The number of ketones is 1. The number of benzene rings is 1. The molecular weight excluding hydrogens is 655 g/mol. The molecule has 1 rings (SSSR count). The van der Waals surface area contributed by atoms with Crippen molar-refractivity contribution < 1.29 is 38.4 Å². The SMILES string of the molecule is CC(C)CCCC(C)CCCC(C)CCOC(=O)C(C)(COC(=O)C(C)(C)OCc1ccccc1)COC(C)(S)C(C)(C)C(=O)CNCCO. The van der Waals surface area contributed by atoms with Gasteiger partial charge in [0.25, 0.3) is 0 Å². The molecule has 0 saturated carbocycles. The van der Waals surface area contributed by atoms with Crippen molar-refractivity contribution in [2.24, 2.45) is 28.6 Å². The molecule has 0 aliphatic carbocycles. The molecule has 0 bridgehead atoms. The third-order valence-corrected chi connectivity index (χ3v) is 10.5. The molecule has 0 saturated heterocycles. The molecule has 50 heavy (non-hydrogen) atoms. The molecule has 0 spiro atoms. The molecule has 0 aliphatic heterocycles. The third kappa shape index (κ3) is 16.6. The summed E-state index contributed by atoms with van der Waals surface area (Å²) < 4.78 is 23.6. The van der Waals surface area contributed by atoms with Crippen LogP contribution in [-0.2, 0) is 39.9 Å². The van der Waals surface area contributed by atoms with Gasteiger partial charge in [-0.25, -0.2) is 4.79 Å². The van der Waals surface area contributed by atoms with E-state index in [1.165, 1.54) is 25.7 Å². The summed E-state index contributed by atoms with van der Waals surface area (Å²) in [5.74, 6) is 0.497. The Balaban J connectivity index is 2.91. The number of ether oxygens (including phenoxy) is 4. The van der Waals surface area contributed by atoms with Crippen molar-refractivity contribution in [2.75, 3.05) is 39.5 Å². The first-order valence-corrected chi connectivity index (χ1v) is 19.0. The Labute approximate surface area is 308 Å². The van der Waals surface area contributed by atoms with E-state index in [1.807, 2.05) is 30.3 Å². The van der Waals surface area contributed by atoms with Gasteiger partial charge in [0.05, 0.1) is 38.4 Å². The number of Topliss-reactive ketones (excluding diaryl/α,β-unsaturated/α-hetero) is 1. The fraction of sp³-hybridized carbons (Fsp3) is 0.775. The first-order chi connectivity index (χ1) is 23.3. The zero-order chi connectivity index (χ0) is 38.0. The molecule has 0 aliphatic rings. The highest BCUT2D eigenvalue weighted by atomic mass is 32.1. The summed E-state index contributed by atoms with van der Waals surface area (Å²) in [7, 11) is 0. The number of nitrogens with one attached hydrogen (secondary N) is 1. The summed E-state index contributed by atoms with van der Waals surface area (Å²) in [4.78, 5) is 38.7. The Morgan fingerprint density at radius 2 is 1.36 bits per heavy atom. The van der Waals surface area contributed by atoms with Crippen LogP contribution in [0.2, 0.25) is 0 Å². The van der Waals surface area contributed by atoms with E-state index >= 15 is 0 Å². The predicted molar refractivity (Wildman–Crippen MR) is 203 cm³/mol. The normalized spacial score (nSPS) is 15.9. The number of carbonyl (C=O) groups excluding carboxylic acids is 3. The van der Waals surface area contributed by atoms with E-state index in [1.54, 1.807) is 41.5 Å². The minimum absolute atomic E-state index is 0.0251. The van der Waals surface area contributed by atoms with Crippen LogP contribution in [-0.4, -0.2) is 72.9 Å². The molecule has 0 heterocycles. The molecule has 0 amide bonds. The molecule has 0 radical (unpaired) electrons. The summed E-state index contributed by atoms with van der Waals surface area (Å²) in [6.07, 6.45) is 7.96. The summed E-state index contributed by atoms with van der Waals surface area (Å²) >= 11 is 4.72. The zero-order valence-electron chi connectivity index (χ0n) is 32.8. The van der Waals surface area contributed by atoms with Crippen molar-refractivity contribution in [1.82, 2.24) is 5.32 Å². The molecule has 1 aromatic carbocycles. The lowest BCUT2D eigenvalue weighted by Gasteiger charge is -2.41. The Hall–Kier alpha value is -1.98. The molecule has 0 fully saturated rings. The second-order valence-corrected chi connectivity index (χ2v) is 16.9. The lowest BCUT2D eigenvalue weighted by molar-refractivity contribution is -0.183. The largest absolute Gasteiger partial charge is 0.465 e. The zero-order valence-corrected chi connectivity index (χ0v) is 33.7. The highest BCUT2D eigenvalue weighted by Gasteiger charge is 2.48. The van der Waals surface area contributed by atoms with Gasteiger partial charge in [0.2, 0.25) is 0 Å². The molecule has 9 nitrogen and oxygen atoms in total. The fourth-order valence-electron chi connectivity index (χ4n) is 5.20. The van der Waals surface area contributed by atoms with Crippen LogP contribution in [0.3, 0.4) is 0 Å². The van der Waals surface area contributed by atoms with E-state index in [0.29, 0.717) is 11.8 Å². The van der Waals surface area contributed by atoms with Crippen LogP contribution in [0.5, 0.6) is 0 Å². The maximum Gasteiger partial charge on any atom is 0.337 e. The minimum Gasteiger partial charge on any atom is -0.465 e. The Kier molecular flexibility index (Phi) is 20.4. The number of aliphatic hydroxyl groups excluding tert-OH is 1. The van der Waals surface area contributed by atoms with Crippen LogP contribution in [0.25, 0.3) is 0 Å². The van der Waals surface area contributed by atoms with Crippen LogP contribution >= 0.6 is 12.6 Å². The molecular formula is C40H69NO8S. The lowest BCUT2D eigenvalue weighted by Crippen LogP contribution is -2.51. The number of esters is 2. The standard InChI is InChI=1S/C40H69NO8S/c1-30(2)16-14-17-31(3)18-15-19-32(4)22-25-46-36(45)39(9,29-49-40(10,50)37(5,6)34(43)26-41-23-24-42)28-47-35(44)38(7,8)48-27-33-20-12-11-13-21-33/h11-13,20-21,30-32,41-42,50H,14-19,22-29H2,1-10H3. The predicted octanol–water partition coefficient (Wildman–Crippen LogP) is 7.57. The maximum absolute atomic E-state index is 13.7. The molecule has 288 valence electrons. The Morgan fingerprint density at radius 3 is 1.94 bits per heavy atom. The van der Waals surface area contributed by atoms with Gasteiger partial charge in [0.15, 0.2) is 11.4 Å². The third-order valence-electron chi connectivity index (χ3n) is 9.77. The van der Waals surface area contributed by atoms with Crippen molar-refractivity contribution in [1.29, 1.82) is 0 Å². The number of hydrogen-bond donors (Lipinski definition) is 3. The first-order valence-electron chi connectivity index (χ1n) is 18.5. The van der Waals surface area contributed by atoms with E-state index in [2.05, 4.69) is 33.0 Å². The fourth-order valence-corrected chi connectivity index (χ4v) is 5.39. The number of rotatable bonds is 27. The van der Waals surface area contributed by atoms with E-state index in [9.17, 15) is 14.4 Å². The summed E-state index contributed by atoms with van der Waals surface area (Å²) in [5, 5.41) is 12.0. The molecule has 4 unspecified atom stereocenters. The summed E-state index contributed by atoms with van der Waals surface area (Å²) in [6, 6.07) is 9.52. The van der Waals surface area contributed by atoms with Crippen molar-refractivity contribution in [3.05, 3.63) is 35.9 Å². The Morgan fingerprint density at radius 1 is 0.780 bits per heavy atom. The van der Waals surface area contributed by atoms with E-state index in [-0.39, 0.29) is 51.9 Å². The number of hydrogen-bond acceptors (Lipinski definition) is 10. The Bertz CT molecular complexity index is 1140. The van der Waals surface area contributed by atoms with Gasteiger partial charge in [-0.15, -0.1) is 12.6 Å². The second kappa shape index (κ2) is 22.2. The van der Waals surface area contributed by atoms with Gasteiger partial charge in [-0.1, -0.05) is 96.6 Å². The van der Waals surface area contributed by atoms with Gasteiger partial charge in [0, 0.05) is 6.54 Å². The van der Waals surface area contributed by atoms with Crippen molar-refractivity contribution in [3.63, 3.8) is 0 Å². The number of aliphatic hydroxyl groups is 1. The van der Waals surface area contributed by atoms with Crippen LogP contribution < -0.4 is 5.32 Å². The topological polar surface area (TPSA) is 120 Å². The van der Waals surface area contributed by atoms with Crippen LogP contribution in [0.15, 0.2) is 30.3 Å². The summed E-state index contributed by atoms with van der Waals surface area (Å²) in [5.41, 5.74) is -2.83. The first kappa shape index (κ1) is 46.0. The van der Waals surface area contributed by atoms with Crippen molar-refractivity contribution >= 4 is 30.4 Å². The van der Waals surface area contributed by atoms with Crippen LogP contribution in [0.1, 0.15) is 120 Å². The monoisotopic (exact) mass is 723 g/mol. The quantitative estimate of drug-likeness (QED) is 0.0365. The van der Waals surface area contributed by atoms with Crippen molar-refractivity contribution in [3.8, 4) is 0 Å². The highest BCUT2D eigenvalue weighted by molar-refractivity contribution is 7.81. The average Bonchev–Trinajstić information content (AvgIpc) is 3.05. The number of carbonyl (C=O) groups is 3. The highest BCUT2D eigenvalue weighted by Crippen LogP contribution is 2.40. The molecule has 1 aromatic rings. The minimum atomic E-state index is -1.39. The maximum atomic E-state index is 13.7. The van der Waals surface area contributed by atoms with Crippen LogP contribution in [0.4, 0.5) is 0 Å². The lowest BCUT2D eigenvalue weighted by atomic mass is 9.81. The van der Waals surface area contributed by atoms with Gasteiger partial charge in [-0.2, -0.15) is 0 Å². The molecule has 10 heteroatoms.